The molecular formula is C17H19N. The molecule has 0 bridgehead atoms. The largest absolute Gasteiger partial charge is 0.380 e. The highest BCUT2D eigenvalue weighted by Gasteiger charge is 2.18. The summed E-state index contributed by atoms with van der Waals surface area (Å²) in [5.74, 6) is 0. The lowest BCUT2D eigenvalue weighted by molar-refractivity contribution is 0.634. The van der Waals surface area contributed by atoms with E-state index < -0.39 is 0 Å². The van der Waals surface area contributed by atoms with E-state index in [0.717, 1.165) is 6.42 Å². The van der Waals surface area contributed by atoms with E-state index in [1.54, 1.807) is 0 Å². The number of benzene rings is 2. The van der Waals surface area contributed by atoms with E-state index in [2.05, 4.69) is 68.6 Å². The minimum Gasteiger partial charge on any atom is -0.380 e. The van der Waals surface area contributed by atoms with Crippen LogP contribution >= 0.6 is 0 Å². The third-order valence-corrected chi connectivity index (χ3v) is 3.31. The fourth-order valence-corrected chi connectivity index (χ4v) is 2.66. The molecule has 1 N–H and O–H groups in total. The molecule has 3 rings (SSSR count). The number of fused-ring (bicyclic) bond motifs is 3. The van der Waals surface area contributed by atoms with Gasteiger partial charge in [0.25, 0.3) is 0 Å². The standard InChI is InChI=1S/C17H19N/c1-17(2,3)18-14-8-9-16-13(11-14)10-12-6-4-5-7-15(12)16/h4-9,11,18H,10H2,1-3H3. The first-order chi connectivity index (χ1) is 8.53. The predicted octanol–water partition coefficient (Wildman–Crippen LogP) is 4.47. The van der Waals surface area contributed by atoms with E-state index in [0.29, 0.717) is 0 Å². The molecule has 0 saturated heterocycles. The molecule has 0 atom stereocenters. The molecule has 0 aliphatic heterocycles. The van der Waals surface area contributed by atoms with Gasteiger partial charge in [0.2, 0.25) is 0 Å². The molecule has 0 unspecified atom stereocenters. The van der Waals surface area contributed by atoms with Gasteiger partial charge in [0.15, 0.2) is 0 Å². The lowest BCUT2D eigenvalue weighted by Gasteiger charge is -2.22. The van der Waals surface area contributed by atoms with Crippen molar-refractivity contribution in [2.75, 3.05) is 5.32 Å². The van der Waals surface area contributed by atoms with Crippen molar-refractivity contribution in [1.29, 1.82) is 0 Å². The Labute approximate surface area is 109 Å². The first-order valence-corrected chi connectivity index (χ1v) is 6.52. The summed E-state index contributed by atoms with van der Waals surface area (Å²) in [5.41, 5.74) is 7.00. The van der Waals surface area contributed by atoms with Crippen LogP contribution in [0.4, 0.5) is 5.69 Å². The second kappa shape index (κ2) is 3.88. The van der Waals surface area contributed by atoms with Crippen molar-refractivity contribution in [2.45, 2.75) is 32.7 Å². The summed E-state index contributed by atoms with van der Waals surface area (Å²) in [6.07, 6.45) is 1.06. The number of anilines is 1. The highest BCUT2D eigenvalue weighted by Crippen LogP contribution is 2.37. The number of nitrogens with one attached hydrogen (secondary N) is 1. The minimum atomic E-state index is 0.111. The maximum absolute atomic E-state index is 3.54. The molecule has 92 valence electrons. The van der Waals surface area contributed by atoms with Gasteiger partial charge in [-0.25, -0.2) is 0 Å². The van der Waals surface area contributed by atoms with E-state index in [1.165, 1.54) is 27.9 Å². The van der Waals surface area contributed by atoms with Crippen LogP contribution in [0.5, 0.6) is 0 Å². The van der Waals surface area contributed by atoms with Gasteiger partial charge in [0.1, 0.15) is 0 Å². The Morgan fingerprint density at radius 1 is 0.889 bits per heavy atom. The number of rotatable bonds is 1. The summed E-state index contributed by atoms with van der Waals surface area (Å²) in [6, 6.07) is 15.4. The van der Waals surface area contributed by atoms with Crippen LogP contribution in [0.25, 0.3) is 11.1 Å². The minimum absolute atomic E-state index is 0.111. The van der Waals surface area contributed by atoms with E-state index in [4.69, 9.17) is 0 Å². The normalized spacial score (nSPS) is 13.1. The van der Waals surface area contributed by atoms with Crippen molar-refractivity contribution >= 4 is 5.69 Å². The van der Waals surface area contributed by atoms with Crippen LogP contribution in [0.2, 0.25) is 0 Å². The van der Waals surface area contributed by atoms with E-state index >= 15 is 0 Å². The molecule has 0 amide bonds. The van der Waals surface area contributed by atoms with Crippen LogP contribution in [0.15, 0.2) is 42.5 Å². The summed E-state index contributed by atoms with van der Waals surface area (Å²) in [7, 11) is 0. The van der Waals surface area contributed by atoms with Gasteiger partial charge in [0, 0.05) is 11.2 Å². The van der Waals surface area contributed by atoms with Gasteiger partial charge in [0.05, 0.1) is 0 Å². The van der Waals surface area contributed by atoms with Crippen molar-refractivity contribution < 1.29 is 0 Å². The molecule has 0 spiro atoms. The molecule has 1 heteroatoms. The van der Waals surface area contributed by atoms with Gasteiger partial charge >= 0.3 is 0 Å². The van der Waals surface area contributed by atoms with Crippen LogP contribution in [-0.2, 0) is 6.42 Å². The maximum atomic E-state index is 3.54. The molecule has 0 aromatic heterocycles. The van der Waals surface area contributed by atoms with Crippen molar-refractivity contribution in [3.8, 4) is 11.1 Å². The summed E-state index contributed by atoms with van der Waals surface area (Å²) < 4.78 is 0. The van der Waals surface area contributed by atoms with E-state index in [1.807, 2.05) is 0 Å². The summed E-state index contributed by atoms with van der Waals surface area (Å²) >= 11 is 0. The van der Waals surface area contributed by atoms with Gasteiger partial charge in [-0.05, 0) is 61.6 Å². The fraction of sp³-hybridized carbons (Fsp3) is 0.294. The zero-order valence-electron chi connectivity index (χ0n) is 11.2. The molecule has 1 aliphatic rings. The van der Waals surface area contributed by atoms with Crippen LogP contribution in [0.1, 0.15) is 31.9 Å². The Balaban J connectivity index is 1.98. The second-order valence-corrected chi connectivity index (χ2v) is 6.08. The van der Waals surface area contributed by atoms with Crippen molar-refractivity contribution in [3.63, 3.8) is 0 Å². The Hall–Kier alpha value is -1.76. The number of hydrogen-bond donors (Lipinski definition) is 1. The topological polar surface area (TPSA) is 12.0 Å². The highest BCUT2D eigenvalue weighted by atomic mass is 14.9. The highest BCUT2D eigenvalue weighted by molar-refractivity contribution is 5.78. The number of hydrogen-bond acceptors (Lipinski definition) is 1. The molecule has 1 aliphatic carbocycles. The molecule has 2 aromatic carbocycles. The van der Waals surface area contributed by atoms with Crippen LogP contribution < -0.4 is 5.32 Å². The average molecular weight is 237 g/mol. The maximum Gasteiger partial charge on any atom is 0.0347 e. The third kappa shape index (κ3) is 2.01. The van der Waals surface area contributed by atoms with Gasteiger partial charge in [-0.1, -0.05) is 30.3 Å². The van der Waals surface area contributed by atoms with Crippen LogP contribution in [-0.4, -0.2) is 5.54 Å². The molecule has 0 heterocycles. The lowest BCUT2D eigenvalue weighted by atomic mass is 10.0. The molecule has 0 radical (unpaired) electrons. The smallest absolute Gasteiger partial charge is 0.0347 e. The Morgan fingerprint density at radius 2 is 1.61 bits per heavy atom. The van der Waals surface area contributed by atoms with Gasteiger partial charge in [-0.3, -0.25) is 0 Å². The van der Waals surface area contributed by atoms with Crippen molar-refractivity contribution in [1.82, 2.24) is 0 Å². The monoisotopic (exact) mass is 237 g/mol. The Kier molecular flexibility index (Phi) is 2.44. The van der Waals surface area contributed by atoms with Gasteiger partial charge in [-0.2, -0.15) is 0 Å². The van der Waals surface area contributed by atoms with Gasteiger partial charge < -0.3 is 5.32 Å². The molecule has 0 fully saturated rings. The second-order valence-electron chi connectivity index (χ2n) is 6.08. The fourth-order valence-electron chi connectivity index (χ4n) is 2.66. The summed E-state index contributed by atoms with van der Waals surface area (Å²) in [4.78, 5) is 0. The SMILES string of the molecule is CC(C)(C)Nc1ccc2c(c1)Cc1ccccc1-2. The van der Waals surface area contributed by atoms with Crippen LogP contribution in [0, 0.1) is 0 Å². The predicted molar refractivity (Wildman–Crippen MR) is 78.1 cm³/mol. The first kappa shape index (κ1) is 11.3. The van der Waals surface area contributed by atoms with Crippen LogP contribution in [0.3, 0.4) is 0 Å². The first-order valence-electron chi connectivity index (χ1n) is 6.52. The van der Waals surface area contributed by atoms with E-state index in [-0.39, 0.29) is 5.54 Å². The quantitative estimate of drug-likeness (QED) is 0.658. The molecule has 0 saturated carbocycles. The van der Waals surface area contributed by atoms with Gasteiger partial charge in [-0.15, -0.1) is 0 Å². The Bertz CT molecular complexity index is 591. The summed E-state index contributed by atoms with van der Waals surface area (Å²) in [5, 5.41) is 3.54. The van der Waals surface area contributed by atoms with Crippen molar-refractivity contribution in [3.05, 3.63) is 53.6 Å². The summed E-state index contributed by atoms with van der Waals surface area (Å²) in [6.45, 7) is 6.57. The molecule has 18 heavy (non-hydrogen) atoms. The average Bonchev–Trinajstić information content (AvgIpc) is 2.64. The molecular weight excluding hydrogens is 218 g/mol. The zero-order valence-corrected chi connectivity index (χ0v) is 11.2. The molecule has 1 nitrogen and oxygen atoms in total. The third-order valence-electron chi connectivity index (χ3n) is 3.31. The van der Waals surface area contributed by atoms with Crippen molar-refractivity contribution in [2.24, 2.45) is 0 Å². The lowest BCUT2D eigenvalue weighted by Crippen LogP contribution is -2.25. The van der Waals surface area contributed by atoms with E-state index in [9.17, 15) is 0 Å². The molecule has 2 aromatic rings. The zero-order chi connectivity index (χ0) is 12.8. The Morgan fingerprint density at radius 3 is 2.39 bits per heavy atom.